The highest BCUT2D eigenvalue weighted by molar-refractivity contribution is 7.09. The van der Waals surface area contributed by atoms with Gasteiger partial charge in [0.25, 0.3) is 0 Å². The van der Waals surface area contributed by atoms with Gasteiger partial charge < -0.3 is 4.90 Å². The van der Waals surface area contributed by atoms with Crippen molar-refractivity contribution < 1.29 is 4.79 Å². The number of hydrogen-bond acceptors (Lipinski definition) is 4. The molecule has 2 aromatic rings. The van der Waals surface area contributed by atoms with Gasteiger partial charge in [-0.05, 0) is 17.7 Å². The molecule has 1 aliphatic rings. The number of hydrogen-bond donors (Lipinski definition) is 0. The zero-order valence-electron chi connectivity index (χ0n) is 15.7. The number of carbonyl (C=O) groups excluding carboxylic acids is 1. The van der Waals surface area contributed by atoms with E-state index >= 15 is 0 Å². The Morgan fingerprint density at radius 1 is 1.15 bits per heavy atom. The van der Waals surface area contributed by atoms with Crippen molar-refractivity contribution in [2.24, 2.45) is 0 Å². The van der Waals surface area contributed by atoms with Gasteiger partial charge in [0, 0.05) is 42.0 Å². The Labute approximate surface area is 164 Å². The molecule has 4 nitrogen and oxygen atoms in total. The number of thiazole rings is 1. The van der Waals surface area contributed by atoms with Crippen LogP contribution in [0.4, 0.5) is 0 Å². The Kier molecular flexibility index (Phi) is 6.00. The fraction of sp³-hybridized carbons (Fsp3) is 0.500. The van der Waals surface area contributed by atoms with Crippen LogP contribution in [0.25, 0.3) is 0 Å². The third-order valence-electron chi connectivity index (χ3n) is 4.67. The summed E-state index contributed by atoms with van der Waals surface area (Å²) in [6.45, 7) is 10.8. The van der Waals surface area contributed by atoms with Crippen LogP contribution in [0.5, 0.6) is 0 Å². The minimum Gasteiger partial charge on any atom is -0.340 e. The van der Waals surface area contributed by atoms with E-state index in [1.165, 1.54) is 0 Å². The predicted molar refractivity (Wildman–Crippen MR) is 108 cm³/mol. The summed E-state index contributed by atoms with van der Waals surface area (Å²) in [6, 6.07) is 7.52. The van der Waals surface area contributed by atoms with Gasteiger partial charge in [0.05, 0.1) is 18.7 Å². The highest BCUT2D eigenvalue weighted by Gasteiger charge is 2.23. The molecule has 3 rings (SSSR count). The van der Waals surface area contributed by atoms with E-state index in [4.69, 9.17) is 16.6 Å². The summed E-state index contributed by atoms with van der Waals surface area (Å²) in [4.78, 5) is 21.6. The number of aromatic nitrogens is 1. The van der Waals surface area contributed by atoms with E-state index in [9.17, 15) is 4.79 Å². The summed E-state index contributed by atoms with van der Waals surface area (Å²) in [5.74, 6) is 0.191. The van der Waals surface area contributed by atoms with Gasteiger partial charge in [-0.25, -0.2) is 4.98 Å². The van der Waals surface area contributed by atoms with Crippen LogP contribution in [0.2, 0.25) is 5.02 Å². The Morgan fingerprint density at radius 3 is 2.38 bits per heavy atom. The second kappa shape index (κ2) is 8.07. The van der Waals surface area contributed by atoms with Gasteiger partial charge in [-0.2, -0.15) is 0 Å². The zero-order chi connectivity index (χ0) is 18.7. The molecular weight excluding hydrogens is 366 g/mol. The van der Waals surface area contributed by atoms with Crippen molar-refractivity contribution in [2.45, 2.75) is 39.2 Å². The molecule has 0 radical (unpaired) electrons. The first-order valence-electron chi connectivity index (χ1n) is 9.01. The molecule has 1 aromatic heterocycles. The Balaban J connectivity index is 1.48. The normalized spacial score (nSPS) is 16.1. The molecular formula is C20H26ClN3OS. The summed E-state index contributed by atoms with van der Waals surface area (Å²) in [7, 11) is 0. The molecule has 1 saturated heterocycles. The molecule has 1 aliphatic heterocycles. The smallest absolute Gasteiger partial charge is 0.227 e. The Hall–Kier alpha value is -1.43. The lowest BCUT2D eigenvalue weighted by Crippen LogP contribution is -2.48. The molecule has 1 aromatic carbocycles. The second-order valence-electron chi connectivity index (χ2n) is 7.84. The highest BCUT2D eigenvalue weighted by atomic mass is 35.5. The molecule has 1 amide bonds. The maximum Gasteiger partial charge on any atom is 0.227 e. The van der Waals surface area contributed by atoms with Gasteiger partial charge in [0.1, 0.15) is 5.01 Å². The number of piperazine rings is 1. The molecule has 0 atom stereocenters. The molecule has 0 aliphatic carbocycles. The lowest BCUT2D eigenvalue weighted by atomic mass is 9.93. The molecule has 6 heteroatoms. The van der Waals surface area contributed by atoms with Crippen molar-refractivity contribution in [2.75, 3.05) is 26.2 Å². The van der Waals surface area contributed by atoms with Crippen molar-refractivity contribution >= 4 is 28.8 Å². The van der Waals surface area contributed by atoms with Crippen LogP contribution in [-0.4, -0.2) is 46.9 Å². The predicted octanol–water partition coefficient (Wildman–Crippen LogP) is 3.98. The maximum atomic E-state index is 12.5. The van der Waals surface area contributed by atoms with Crippen molar-refractivity contribution in [1.82, 2.24) is 14.8 Å². The molecule has 0 unspecified atom stereocenters. The van der Waals surface area contributed by atoms with Crippen molar-refractivity contribution in [3.05, 3.63) is 50.9 Å². The van der Waals surface area contributed by atoms with Crippen molar-refractivity contribution in [3.8, 4) is 0 Å². The van der Waals surface area contributed by atoms with E-state index in [0.717, 1.165) is 49.0 Å². The summed E-state index contributed by atoms with van der Waals surface area (Å²) in [5, 5.41) is 4.03. The van der Waals surface area contributed by atoms with Crippen LogP contribution in [-0.2, 0) is 23.2 Å². The van der Waals surface area contributed by atoms with Crippen LogP contribution in [0.15, 0.2) is 29.6 Å². The SMILES string of the molecule is CC(C)(C)c1csc(CN2CCN(C(=O)Cc3ccc(Cl)cc3)CC2)n1. The Morgan fingerprint density at radius 2 is 1.81 bits per heavy atom. The molecule has 0 N–H and O–H groups in total. The number of rotatable bonds is 4. The summed E-state index contributed by atoms with van der Waals surface area (Å²) < 4.78 is 0. The molecule has 0 bridgehead atoms. The first-order chi connectivity index (χ1) is 12.3. The van der Waals surface area contributed by atoms with Gasteiger partial charge in [-0.1, -0.05) is 44.5 Å². The first kappa shape index (κ1) is 19.3. The highest BCUT2D eigenvalue weighted by Crippen LogP contribution is 2.24. The minimum absolute atomic E-state index is 0.0987. The van der Waals surface area contributed by atoms with E-state index in [0.29, 0.717) is 11.4 Å². The number of halogens is 1. The number of carbonyl (C=O) groups is 1. The zero-order valence-corrected chi connectivity index (χ0v) is 17.2. The summed E-state index contributed by atoms with van der Waals surface area (Å²) in [5.41, 5.74) is 2.27. The van der Waals surface area contributed by atoms with Crippen molar-refractivity contribution in [1.29, 1.82) is 0 Å². The van der Waals surface area contributed by atoms with Crippen LogP contribution in [0.3, 0.4) is 0 Å². The van der Waals surface area contributed by atoms with Crippen LogP contribution < -0.4 is 0 Å². The minimum atomic E-state index is 0.0987. The number of nitrogens with zero attached hydrogens (tertiary/aromatic N) is 3. The van der Waals surface area contributed by atoms with Crippen LogP contribution in [0.1, 0.15) is 37.0 Å². The van der Waals surface area contributed by atoms with E-state index in [-0.39, 0.29) is 11.3 Å². The number of benzene rings is 1. The molecule has 1 fully saturated rings. The fourth-order valence-electron chi connectivity index (χ4n) is 2.96. The molecule has 2 heterocycles. The Bertz CT molecular complexity index is 743. The average molecular weight is 392 g/mol. The van der Waals surface area contributed by atoms with Gasteiger partial charge in [0.15, 0.2) is 0 Å². The molecule has 26 heavy (non-hydrogen) atoms. The van der Waals surface area contributed by atoms with Gasteiger partial charge in [0.2, 0.25) is 5.91 Å². The quantitative estimate of drug-likeness (QED) is 0.790. The third kappa shape index (κ3) is 5.06. The second-order valence-corrected chi connectivity index (χ2v) is 9.22. The van der Waals surface area contributed by atoms with Crippen molar-refractivity contribution in [3.63, 3.8) is 0 Å². The number of amides is 1. The maximum absolute atomic E-state index is 12.5. The topological polar surface area (TPSA) is 36.4 Å². The van der Waals surface area contributed by atoms with E-state index in [1.54, 1.807) is 11.3 Å². The van der Waals surface area contributed by atoms with E-state index < -0.39 is 0 Å². The molecule has 0 spiro atoms. The lowest BCUT2D eigenvalue weighted by molar-refractivity contribution is -0.132. The summed E-state index contributed by atoms with van der Waals surface area (Å²) in [6.07, 6.45) is 0.443. The third-order valence-corrected chi connectivity index (χ3v) is 5.76. The van der Waals surface area contributed by atoms with Gasteiger partial charge >= 0.3 is 0 Å². The van der Waals surface area contributed by atoms with Crippen LogP contribution >= 0.6 is 22.9 Å². The van der Waals surface area contributed by atoms with E-state index in [2.05, 4.69) is 31.1 Å². The largest absolute Gasteiger partial charge is 0.340 e. The summed E-state index contributed by atoms with van der Waals surface area (Å²) >= 11 is 7.64. The fourth-order valence-corrected chi connectivity index (χ4v) is 4.15. The van der Waals surface area contributed by atoms with Crippen LogP contribution in [0, 0.1) is 0 Å². The average Bonchev–Trinajstić information content (AvgIpc) is 3.06. The lowest BCUT2D eigenvalue weighted by Gasteiger charge is -2.34. The first-order valence-corrected chi connectivity index (χ1v) is 10.3. The van der Waals surface area contributed by atoms with Gasteiger partial charge in [-0.15, -0.1) is 11.3 Å². The standard InChI is InChI=1S/C20H26ClN3OS/c1-20(2,3)17-14-26-18(22-17)13-23-8-10-24(11-9-23)19(25)12-15-4-6-16(21)7-5-15/h4-7,14H,8-13H2,1-3H3. The van der Waals surface area contributed by atoms with Gasteiger partial charge in [-0.3, -0.25) is 9.69 Å². The van der Waals surface area contributed by atoms with E-state index in [1.807, 2.05) is 29.2 Å². The molecule has 0 saturated carbocycles. The molecule has 140 valence electrons. The monoisotopic (exact) mass is 391 g/mol.